The van der Waals surface area contributed by atoms with Crippen LogP contribution in [0.25, 0.3) is 6.08 Å². The fourth-order valence-corrected chi connectivity index (χ4v) is 2.75. The van der Waals surface area contributed by atoms with Crippen molar-refractivity contribution in [2.45, 2.75) is 6.54 Å². The molecular weight excluding hydrogens is 410 g/mol. The standard InChI is InChI=1S/C20H19N3O8/c1-28-16-8-11(3-5-14(16)30-10-17(21)24)7-13-18(25)23(20(27)22-13)9-12-4-6-15(31-12)19(26)29-2/h3-8H,9-10H2,1-2H3,(H2,21,24)(H,22,27)/b13-7+. The Morgan fingerprint density at radius 2 is 1.94 bits per heavy atom. The normalized spacial score (nSPS) is 14.5. The number of nitrogens with one attached hydrogen (secondary N) is 1. The molecule has 1 saturated heterocycles. The molecule has 2 aromatic rings. The summed E-state index contributed by atoms with van der Waals surface area (Å²) in [6.45, 7) is -0.479. The maximum Gasteiger partial charge on any atom is 0.373 e. The van der Waals surface area contributed by atoms with Crippen molar-refractivity contribution in [3.05, 3.63) is 53.1 Å². The molecule has 3 N–H and O–H groups in total. The van der Waals surface area contributed by atoms with Crippen LogP contribution in [0.4, 0.5) is 4.79 Å². The average molecular weight is 429 g/mol. The first-order valence-corrected chi connectivity index (χ1v) is 8.93. The van der Waals surface area contributed by atoms with Gasteiger partial charge in [-0.25, -0.2) is 9.59 Å². The van der Waals surface area contributed by atoms with Crippen molar-refractivity contribution in [3.8, 4) is 11.5 Å². The number of urea groups is 1. The SMILES string of the molecule is COC(=O)c1ccc(CN2C(=O)N/C(=C/c3ccc(OCC(N)=O)c(OC)c3)C2=O)o1. The number of furan rings is 1. The molecule has 1 aromatic carbocycles. The number of amides is 4. The molecule has 1 aliphatic heterocycles. The molecule has 0 spiro atoms. The Hall–Kier alpha value is -4.28. The number of methoxy groups -OCH3 is 2. The number of benzene rings is 1. The van der Waals surface area contributed by atoms with Crippen LogP contribution >= 0.6 is 0 Å². The zero-order valence-corrected chi connectivity index (χ0v) is 16.7. The number of imide groups is 1. The van der Waals surface area contributed by atoms with Crippen LogP contribution in [0, 0.1) is 0 Å². The predicted molar refractivity (Wildman–Crippen MR) is 105 cm³/mol. The fourth-order valence-electron chi connectivity index (χ4n) is 2.75. The van der Waals surface area contributed by atoms with E-state index in [9.17, 15) is 19.2 Å². The molecule has 1 aliphatic rings. The molecular formula is C20H19N3O8. The number of primary amides is 1. The number of carbonyl (C=O) groups is 4. The third-order valence-corrected chi connectivity index (χ3v) is 4.19. The number of ether oxygens (including phenoxy) is 3. The van der Waals surface area contributed by atoms with Crippen molar-refractivity contribution in [3.63, 3.8) is 0 Å². The van der Waals surface area contributed by atoms with Gasteiger partial charge in [-0.05, 0) is 35.9 Å². The second kappa shape index (κ2) is 9.03. The summed E-state index contributed by atoms with van der Waals surface area (Å²) in [4.78, 5) is 48.2. The minimum atomic E-state index is -0.666. The second-order valence-electron chi connectivity index (χ2n) is 6.30. The Labute approximate surface area is 176 Å². The minimum Gasteiger partial charge on any atom is -0.493 e. The number of nitrogens with two attached hydrogens (primary N) is 1. The zero-order chi connectivity index (χ0) is 22.5. The van der Waals surface area contributed by atoms with Crippen LogP contribution in [0.2, 0.25) is 0 Å². The second-order valence-corrected chi connectivity index (χ2v) is 6.30. The molecule has 11 nitrogen and oxygen atoms in total. The van der Waals surface area contributed by atoms with E-state index in [4.69, 9.17) is 19.6 Å². The van der Waals surface area contributed by atoms with Crippen molar-refractivity contribution in [2.24, 2.45) is 5.73 Å². The lowest BCUT2D eigenvalue weighted by Gasteiger charge is -2.10. The Morgan fingerprint density at radius 1 is 1.16 bits per heavy atom. The highest BCUT2D eigenvalue weighted by molar-refractivity contribution is 6.13. The first kappa shape index (κ1) is 21.4. The lowest BCUT2D eigenvalue weighted by Crippen LogP contribution is -2.30. The van der Waals surface area contributed by atoms with Gasteiger partial charge in [0.1, 0.15) is 11.5 Å². The van der Waals surface area contributed by atoms with Gasteiger partial charge in [0, 0.05) is 0 Å². The van der Waals surface area contributed by atoms with Gasteiger partial charge in [-0.15, -0.1) is 0 Å². The Balaban J connectivity index is 1.76. The number of esters is 1. The summed E-state index contributed by atoms with van der Waals surface area (Å²) in [5.74, 6) is -1.06. The van der Waals surface area contributed by atoms with Gasteiger partial charge in [0.25, 0.3) is 11.8 Å². The largest absolute Gasteiger partial charge is 0.493 e. The molecule has 1 fully saturated rings. The smallest absolute Gasteiger partial charge is 0.373 e. The van der Waals surface area contributed by atoms with E-state index < -0.39 is 23.8 Å². The Kier molecular flexibility index (Phi) is 6.24. The molecule has 11 heteroatoms. The van der Waals surface area contributed by atoms with Crippen LogP contribution < -0.4 is 20.5 Å². The van der Waals surface area contributed by atoms with E-state index in [0.29, 0.717) is 17.1 Å². The van der Waals surface area contributed by atoms with E-state index in [1.54, 1.807) is 18.2 Å². The highest BCUT2D eigenvalue weighted by Gasteiger charge is 2.34. The highest BCUT2D eigenvalue weighted by Crippen LogP contribution is 2.29. The Bertz CT molecular complexity index is 1070. The van der Waals surface area contributed by atoms with Crippen molar-refractivity contribution >= 4 is 29.9 Å². The third kappa shape index (κ3) is 4.83. The van der Waals surface area contributed by atoms with E-state index in [1.807, 2.05) is 0 Å². The molecule has 1 aromatic heterocycles. The number of carbonyl (C=O) groups excluding carboxylic acids is 4. The topological polar surface area (TPSA) is 150 Å². The highest BCUT2D eigenvalue weighted by atomic mass is 16.5. The van der Waals surface area contributed by atoms with Crippen molar-refractivity contribution in [2.75, 3.05) is 20.8 Å². The van der Waals surface area contributed by atoms with E-state index in [1.165, 1.54) is 32.4 Å². The molecule has 0 aliphatic carbocycles. The summed E-state index contributed by atoms with van der Waals surface area (Å²) in [7, 11) is 2.63. The summed E-state index contributed by atoms with van der Waals surface area (Å²) >= 11 is 0. The van der Waals surface area contributed by atoms with Crippen LogP contribution in [0.1, 0.15) is 21.9 Å². The maximum atomic E-state index is 12.7. The number of hydrogen-bond donors (Lipinski definition) is 2. The molecule has 31 heavy (non-hydrogen) atoms. The van der Waals surface area contributed by atoms with Gasteiger partial charge < -0.3 is 29.7 Å². The van der Waals surface area contributed by atoms with Gasteiger partial charge in [-0.2, -0.15) is 0 Å². The molecule has 3 rings (SSSR count). The lowest BCUT2D eigenvalue weighted by atomic mass is 10.1. The van der Waals surface area contributed by atoms with Crippen LogP contribution in [-0.2, 0) is 20.9 Å². The molecule has 0 saturated carbocycles. The average Bonchev–Trinajstić information content (AvgIpc) is 3.32. The fraction of sp³-hybridized carbons (Fsp3) is 0.200. The first-order valence-electron chi connectivity index (χ1n) is 8.93. The van der Waals surface area contributed by atoms with Gasteiger partial charge in [0.15, 0.2) is 18.1 Å². The number of rotatable bonds is 8. The summed E-state index contributed by atoms with van der Waals surface area (Å²) < 4.78 is 20.3. The van der Waals surface area contributed by atoms with Crippen LogP contribution in [-0.4, -0.2) is 49.5 Å². The van der Waals surface area contributed by atoms with E-state index in [0.717, 1.165) is 4.90 Å². The third-order valence-electron chi connectivity index (χ3n) is 4.19. The molecule has 0 bridgehead atoms. The van der Waals surface area contributed by atoms with E-state index >= 15 is 0 Å². The Morgan fingerprint density at radius 3 is 2.61 bits per heavy atom. The molecule has 0 radical (unpaired) electrons. The predicted octanol–water partition coefficient (Wildman–Crippen LogP) is 1.03. The summed E-state index contributed by atoms with van der Waals surface area (Å²) in [5.41, 5.74) is 5.65. The van der Waals surface area contributed by atoms with Gasteiger partial charge >= 0.3 is 12.0 Å². The van der Waals surface area contributed by atoms with Crippen molar-refractivity contribution in [1.82, 2.24) is 10.2 Å². The maximum absolute atomic E-state index is 12.7. The molecule has 4 amide bonds. The van der Waals surface area contributed by atoms with Gasteiger partial charge in [-0.3, -0.25) is 14.5 Å². The summed E-state index contributed by atoms with van der Waals surface area (Å²) in [6, 6.07) is 6.96. The zero-order valence-electron chi connectivity index (χ0n) is 16.7. The lowest BCUT2D eigenvalue weighted by molar-refractivity contribution is -0.123. The monoisotopic (exact) mass is 429 g/mol. The van der Waals surface area contributed by atoms with Gasteiger partial charge in [-0.1, -0.05) is 6.07 Å². The quantitative estimate of drug-likeness (QED) is 0.359. The summed E-state index contributed by atoms with van der Waals surface area (Å²) in [5, 5.41) is 2.49. The van der Waals surface area contributed by atoms with Gasteiger partial charge in [0.05, 0.1) is 20.8 Å². The van der Waals surface area contributed by atoms with E-state index in [-0.39, 0.29) is 30.4 Å². The van der Waals surface area contributed by atoms with Gasteiger partial charge in [0.2, 0.25) is 5.76 Å². The molecule has 0 unspecified atom stereocenters. The minimum absolute atomic E-state index is 0.0361. The van der Waals surface area contributed by atoms with Crippen molar-refractivity contribution < 1.29 is 37.8 Å². The molecule has 162 valence electrons. The number of nitrogens with zero attached hydrogens (tertiary/aromatic N) is 1. The van der Waals surface area contributed by atoms with Crippen molar-refractivity contribution in [1.29, 1.82) is 0 Å². The first-order chi connectivity index (χ1) is 14.8. The van der Waals surface area contributed by atoms with Crippen LogP contribution in [0.5, 0.6) is 11.5 Å². The van der Waals surface area contributed by atoms with Crippen LogP contribution in [0.15, 0.2) is 40.4 Å². The van der Waals surface area contributed by atoms with Crippen LogP contribution in [0.3, 0.4) is 0 Å². The van der Waals surface area contributed by atoms with E-state index in [2.05, 4.69) is 10.1 Å². The molecule has 2 heterocycles. The number of hydrogen-bond acceptors (Lipinski definition) is 8. The summed E-state index contributed by atoms with van der Waals surface area (Å²) in [6.07, 6.45) is 1.46. The molecule has 0 atom stereocenters.